The van der Waals surface area contributed by atoms with Crippen molar-refractivity contribution >= 4 is 16.9 Å². The van der Waals surface area contributed by atoms with Crippen LogP contribution >= 0.6 is 0 Å². The van der Waals surface area contributed by atoms with Crippen LogP contribution in [0.5, 0.6) is 0 Å². The number of hydrogen-bond acceptors (Lipinski definition) is 1. The molecule has 0 amide bonds. The molecule has 0 unspecified atom stereocenters. The lowest BCUT2D eigenvalue weighted by Gasteiger charge is -2.41. The van der Waals surface area contributed by atoms with Gasteiger partial charge in [0.15, 0.2) is 0 Å². The van der Waals surface area contributed by atoms with E-state index in [4.69, 9.17) is 5.11 Å². The van der Waals surface area contributed by atoms with Gasteiger partial charge in [0.05, 0.1) is 6.42 Å². The summed E-state index contributed by atoms with van der Waals surface area (Å²) in [6.45, 7) is 0. The second kappa shape index (κ2) is 3.87. The van der Waals surface area contributed by atoms with Crippen molar-refractivity contribution in [1.29, 1.82) is 0 Å². The maximum Gasteiger partial charge on any atom is 0.304 e. The lowest BCUT2D eigenvalue weighted by molar-refractivity contribution is -0.139. The molecular formula is C15H17NO2. The molecule has 1 N–H and O–H groups in total. The fourth-order valence-electron chi connectivity index (χ4n) is 3.20. The van der Waals surface area contributed by atoms with Crippen molar-refractivity contribution in [3.8, 4) is 0 Å². The van der Waals surface area contributed by atoms with Gasteiger partial charge in [-0.2, -0.15) is 0 Å². The highest BCUT2D eigenvalue weighted by atomic mass is 16.4. The molecule has 94 valence electrons. The summed E-state index contributed by atoms with van der Waals surface area (Å²) >= 11 is 0. The number of hydrogen-bond donors (Lipinski definition) is 1. The van der Waals surface area contributed by atoms with E-state index in [1.807, 2.05) is 19.2 Å². The molecule has 3 heteroatoms. The number of rotatable bonds is 3. The van der Waals surface area contributed by atoms with Crippen LogP contribution in [0.1, 0.15) is 31.2 Å². The lowest BCUT2D eigenvalue weighted by Crippen LogP contribution is -2.36. The van der Waals surface area contributed by atoms with E-state index >= 15 is 0 Å². The summed E-state index contributed by atoms with van der Waals surface area (Å²) in [4.78, 5) is 11.1. The number of benzene rings is 1. The third-order valence-corrected chi connectivity index (χ3v) is 4.27. The molecule has 1 aliphatic rings. The van der Waals surface area contributed by atoms with E-state index in [1.54, 1.807) is 0 Å². The molecule has 1 saturated carbocycles. The second-order valence-corrected chi connectivity index (χ2v) is 5.38. The average molecular weight is 243 g/mol. The number of aryl methyl sites for hydroxylation is 1. The van der Waals surface area contributed by atoms with Crippen molar-refractivity contribution < 1.29 is 9.90 Å². The average Bonchev–Trinajstić information content (AvgIpc) is 2.62. The van der Waals surface area contributed by atoms with E-state index in [1.165, 1.54) is 16.5 Å². The number of aliphatic carboxylic acids is 1. The summed E-state index contributed by atoms with van der Waals surface area (Å²) in [7, 11) is 2.03. The fraction of sp³-hybridized carbons (Fsp3) is 0.400. The normalized spacial score (nSPS) is 17.6. The molecule has 3 rings (SSSR count). The quantitative estimate of drug-likeness (QED) is 0.900. The van der Waals surface area contributed by atoms with Gasteiger partial charge in [-0.3, -0.25) is 4.79 Å². The van der Waals surface area contributed by atoms with Crippen LogP contribution in [0.3, 0.4) is 0 Å². The van der Waals surface area contributed by atoms with E-state index in [9.17, 15) is 4.79 Å². The van der Waals surface area contributed by atoms with Crippen LogP contribution in [-0.2, 0) is 17.3 Å². The Hall–Kier alpha value is -1.77. The molecule has 3 nitrogen and oxygen atoms in total. The molecule has 18 heavy (non-hydrogen) atoms. The number of carboxylic acids is 1. The Labute approximate surface area is 106 Å². The summed E-state index contributed by atoms with van der Waals surface area (Å²) in [5.41, 5.74) is 2.27. The van der Waals surface area contributed by atoms with Crippen LogP contribution in [0.15, 0.2) is 30.5 Å². The Morgan fingerprint density at radius 1 is 1.39 bits per heavy atom. The van der Waals surface area contributed by atoms with Crippen LogP contribution in [0.2, 0.25) is 0 Å². The first-order valence-electron chi connectivity index (χ1n) is 6.39. The highest BCUT2D eigenvalue weighted by molar-refractivity contribution is 5.86. The Bertz CT molecular complexity index is 608. The van der Waals surface area contributed by atoms with Crippen molar-refractivity contribution in [3.63, 3.8) is 0 Å². The van der Waals surface area contributed by atoms with Gasteiger partial charge < -0.3 is 9.67 Å². The van der Waals surface area contributed by atoms with Gasteiger partial charge in [-0.1, -0.05) is 24.6 Å². The first-order chi connectivity index (χ1) is 8.62. The zero-order valence-corrected chi connectivity index (χ0v) is 10.5. The minimum atomic E-state index is -0.692. The minimum Gasteiger partial charge on any atom is -0.481 e. The van der Waals surface area contributed by atoms with Gasteiger partial charge in [0, 0.05) is 29.6 Å². The zero-order chi connectivity index (χ0) is 12.8. The van der Waals surface area contributed by atoms with E-state index in [0.717, 1.165) is 19.3 Å². The molecule has 0 aliphatic heterocycles. The first kappa shape index (κ1) is 11.3. The predicted octanol–water partition coefficient (Wildman–Crippen LogP) is 3.07. The Morgan fingerprint density at radius 2 is 2.11 bits per heavy atom. The maximum atomic E-state index is 11.1. The summed E-state index contributed by atoms with van der Waals surface area (Å²) in [6, 6.07) is 8.24. The number of nitrogens with zero attached hydrogens (tertiary/aromatic N) is 1. The standard InChI is InChI=1S/C15H17NO2/c1-16-10-12(11-5-2-3-6-13(11)16)15(7-4-8-15)9-14(17)18/h2-3,5-6,10H,4,7-9H2,1H3,(H,17,18). The third kappa shape index (κ3) is 1.54. The highest BCUT2D eigenvalue weighted by Gasteiger charge is 2.42. The summed E-state index contributed by atoms with van der Waals surface area (Å²) < 4.78 is 2.10. The Kier molecular flexibility index (Phi) is 2.44. The molecule has 1 aromatic heterocycles. The van der Waals surface area contributed by atoms with E-state index in [0.29, 0.717) is 0 Å². The summed E-state index contributed by atoms with van der Waals surface area (Å²) in [6.07, 6.45) is 5.49. The molecule has 1 fully saturated rings. The van der Waals surface area contributed by atoms with E-state index in [-0.39, 0.29) is 11.8 Å². The molecule has 1 heterocycles. The Balaban J connectivity index is 2.16. The van der Waals surface area contributed by atoms with Crippen LogP contribution in [0.25, 0.3) is 10.9 Å². The number of fused-ring (bicyclic) bond motifs is 1. The molecule has 2 aromatic rings. The second-order valence-electron chi connectivity index (χ2n) is 5.38. The lowest BCUT2D eigenvalue weighted by atomic mass is 9.62. The molecule has 0 radical (unpaired) electrons. The molecular weight excluding hydrogens is 226 g/mol. The van der Waals surface area contributed by atoms with Crippen molar-refractivity contribution in [2.45, 2.75) is 31.1 Å². The van der Waals surface area contributed by atoms with Crippen LogP contribution in [0.4, 0.5) is 0 Å². The smallest absolute Gasteiger partial charge is 0.304 e. The molecule has 0 spiro atoms. The number of para-hydroxylation sites is 1. The third-order valence-electron chi connectivity index (χ3n) is 4.27. The van der Waals surface area contributed by atoms with Gasteiger partial charge in [-0.25, -0.2) is 0 Å². The highest BCUT2D eigenvalue weighted by Crippen LogP contribution is 2.49. The van der Waals surface area contributed by atoms with Gasteiger partial charge >= 0.3 is 5.97 Å². The van der Waals surface area contributed by atoms with E-state index < -0.39 is 5.97 Å². The van der Waals surface area contributed by atoms with Crippen LogP contribution in [0, 0.1) is 0 Å². The molecule has 1 aliphatic carbocycles. The maximum absolute atomic E-state index is 11.1. The molecule has 0 bridgehead atoms. The first-order valence-corrected chi connectivity index (χ1v) is 6.39. The van der Waals surface area contributed by atoms with Gasteiger partial charge in [0.1, 0.15) is 0 Å². The van der Waals surface area contributed by atoms with E-state index in [2.05, 4.69) is 22.9 Å². The molecule has 1 aromatic carbocycles. The van der Waals surface area contributed by atoms with Gasteiger partial charge in [-0.05, 0) is 24.5 Å². The zero-order valence-electron chi connectivity index (χ0n) is 10.5. The predicted molar refractivity (Wildman–Crippen MR) is 70.7 cm³/mol. The Morgan fingerprint density at radius 3 is 2.72 bits per heavy atom. The summed E-state index contributed by atoms with van der Waals surface area (Å²) in [5, 5.41) is 10.4. The topological polar surface area (TPSA) is 42.2 Å². The van der Waals surface area contributed by atoms with Crippen molar-refractivity contribution in [2.24, 2.45) is 7.05 Å². The van der Waals surface area contributed by atoms with Gasteiger partial charge in [-0.15, -0.1) is 0 Å². The fourth-order valence-corrected chi connectivity index (χ4v) is 3.20. The number of carbonyl (C=O) groups is 1. The minimum absolute atomic E-state index is 0.132. The summed E-state index contributed by atoms with van der Waals surface area (Å²) in [5.74, 6) is -0.692. The van der Waals surface area contributed by atoms with Crippen molar-refractivity contribution in [2.75, 3.05) is 0 Å². The van der Waals surface area contributed by atoms with Crippen molar-refractivity contribution in [3.05, 3.63) is 36.0 Å². The monoisotopic (exact) mass is 243 g/mol. The number of carboxylic acid groups (broad SMARTS) is 1. The van der Waals surface area contributed by atoms with Gasteiger partial charge in [0.2, 0.25) is 0 Å². The van der Waals surface area contributed by atoms with Crippen LogP contribution in [-0.4, -0.2) is 15.6 Å². The number of aromatic nitrogens is 1. The SMILES string of the molecule is Cn1cc(C2(CC(=O)O)CCC2)c2ccccc21. The largest absolute Gasteiger partial charge is 0.481 e. The molecule has 0 saturated heterocycles. The van der Waals surface area contributed by atoms with Crippen molar-refractivity contribution in [1.82, 2.24) is 4.57 Å². The molecule has 0 atom stereocenters. The van der Waals surface area contributed by atoms with Crippen LogP contribution < -0.4 is 0 Å². The van der Waals surface area contributed by atoms with Gasteiger partial charge in [0.25, 0.3) is 0 Å².